The topological polar surface area (TPSA) is 122 Å². The number of halogens is 1. The zero-order valence-electron chi connectivity index (χ0n) is 19.0. The largest absolute Gasteiger partial charge is 0.452 e. The SMILES string of the molecule is C[C@@H]1CC[C@@H]2C(=O)N(c3cccc(C(=O)OCC(=O)NNC(=O)c4ccc(Cl)cc4)c3)C(=O)[C@H]2C1. The molecule has 35 heavy (non-hydrogen) atoms. The second-order valence-corrected chi connectivity index (χ2v) is 9.22. The van der Waals surface area contributed by atoms with Crippen LogP contribution in [0.1, 0.15) is 46.9 Å². The number of anilines is 1. The van der Waals surface area contributed by atoms with Crippen molar-refractivity contribution in [2.75, 3.05) is 11.5 Å². The minimum atomic E-state index is -0.809. The van der Waals surface area contributed by atoms with Crippen molar-refractivity contribution >= 4 is 46.9 Å². The van der Waals surface area contributed by atoms with Crippen molar-refractivity contribution in [3.63, 3.8) is 0 Å². The first-order chi connectivity index (χ1) is 16.7. The quantitative estimate of drug-likeness (QED) is 0.372. The maximum atomic E-state index is 12.9. The Morgan fingerprint density at radius 1 is 0.971 bits per heavy atom. The van der Waals surface area contributed by atoms with E-state index in [0.29, 0.717) is 29.5 Å². The number of hydrogen-bond acceptors (Lipinski definition) is 6. The monoisotopic (exact) mass is 497 g/mol. The van der Waals surface area contributed by atoms with Crippen molar-refractivity contribution in [3.05, 3.63) is 64.7 Å². The second kappa shape index (κ2) is 10.3. The van der Waals surface area contributed by atoms with Crippen molar-refractivity contribution in [2.24, 2.45) is 17.8 Å². The van der Waals surface area contributed by atoms with E-state index in [9.17, 15) is 24.0 Å². The molecule has 0 aromatic heterocycles. The lowest BCUT2D eigenvalue weighted by molar-refractivity contribution is -0.125. The standard InChI is InChI=1S/C25H24ClN3O6/c1-14-5-10-19-20(11-14)24(33)29(23(19)32)18-4-2-3-16(12-18)25(34)35-13-21(30)27-28-22(31)15-6-8-17(26)9-7-15/h2-4,6-9,12,14,19-20H,5,10-11,13H2,1H3,(H,27,30)(H,28,31)/t14-,19+,20+/m1/s1. The van der Waals surface area contributed by atoms with Crippen LogP contribution in [0.25, 0.3) is 0 Å². The van der Waals surface area contributed by atoms with Crippen LogP contribution >= 0.6 is 11.6 Å². The van der Waals surface area contributed by atoms with Gasteiger partial charge < -0.3 is 4.74 Å². The number of hydrazine groups is 1. The fourth-order valence-electron chi connectivity index (χ4n) is 4.47. The molecule has 9 nitrogen and oxygen atoms in total. The van der Waals surface area contributed by atoms with Crippen molar-refractivity contribution in [3.8, 4) is 0 Å². The molecule has 3 atom stereocenters. The van der Waals surface area contributed by atoms with Gasteiger partial charge in [-0.15, -0.1) is 0 Å². The first-order valence-corrected chi connectivity index (χ1v) is 11.6. The van der Waals surface area contributed by atoms with Crippen LogP contribution in [-0.4, -0.2) is 36.2 Å². The van der Waals surface area contributed by atoms with Gasteiger partial charge in [-0.2, -0.15) is 0 Å². The number of carbonyl (C=O) groups excluding carboxylic acids is 5. The number of ether oxygens (including phenoxy) is 1. The molecule has 2 aromatic rings. The van der Waals surface area contributed by atoms with Gasteiger partial charge in [0.05, 0.1) is 23.1 Å². The summed E-state index contributed by atoms with van der Waals surface area (Å²) in [5, 5.41) is 0.466. The third-order valence-electron chi connectivity index (χ3n) is 6.28. The minimum Gasteiger partial charge on any atom is -0.452 e. The Morgan fingerprint density at radius 2 is 1.69 bits per heavy atom. The number of esters is 1. The molecule has 0 unspecified atom stereocenters. The summed E-state index contributed by atoms with van der Waals surface area (Å²) in [4.78, 5) is 63.4. The fourth-order valence-corrected chi connectivity index (χ4v) is 4.59. The molecule has 0 bridgehead atoms. The van der Waals surface area contributed by atoms with E-state index in [1.807, 2.05) is 0 Å². The van der Waals surface area contributed by atoms with E-state index in [1.165, 1.54) is 36.4 Å². The molecule has 1 aliphatic heterocycles. The highest BCUT2D eigenvalue weighted by molar-refractivity contribution is 6.30. The summed E-state index contributed by atoms with van der Waals surface area (Å²) in [6.45, 7) is 1.43. The fraction of sp³-hybridized carbons (Fsp3) is 0.320. The number of hydrogen-bond donors (Lipinski definition) is 2. The molecule has 1 aliphatic carbocycles. The molecule has 4 rings (SSSR count). The molecule has 10 heteroatoms. The molecule has 0 spiro atoms. The van der Waals surface area contributed by atoms with Gasteiger partial charge in [0.2, 0.25) is 11.8 Å². The number of nitrogens with zero attached hydrogens (tertiary/aromatic N) is 1. The van der Waals surface area contributed by atoms with Crippen molar-refractivity contribution in [1.82, 2.24) is 10.9 Å². The van der Waals surface area contributed by atoms with E-state index >= 15 is 0 Å². The third-order valence-corrected chi connectivity index (χ3v) is 6.54. The molecular formula is C25H24ClN3O6. The number of benzene rings is 2. The lowest BCUT2D eigenvalue weighted by atomic mass is 9.76. The Kier molecular flexibility index (Phi) is 7.16. The zero-order chi connectivity index (χ0) is 25.1. The average molecular weight is 498 g/mol. The molecule has 2 aliphatic rings. The molecule has 2 fully saturated rings. The molecule has 1 saturated heterocycles. The molecule has 4 amide bonds. The van der Waals surface area contributed by atoms with E-state index in [0.717, 1.165) is 11.3 Å². The van der Waals surface area contributed by atoms with Gasteiger partial charge in [-0.05, 0) is 67.6 Å². The predicted molar refractivity (Wildman–Crippen MR) is 126 cm³/mol. The molecule has 1 heterocycles. The average Bonchev–Trinajstić information content (AvgIpc) is 3.10. The highest BCUT2D eigenvalue weighted by atomic mass is 35.5. The molecule has 2 N–H and O–H groups in total. The summed E-state index contributed by atoms with van der Waals surface area (Å²) in [6.07, 6.45) is 2.26. The number of carbonyl (C=O) groups is 5. The van der Waals surface area contributed by atoms with Gasteiger partial charge in [0.1, 0.15) is 0 Å². The summed E-state index contributed by atoms with van der Waals surface area (Å²) >= 11 is 5.77. The normalized spacial score (nSPS) is 21.3. The predicted octanol–water partition coefficient (Wildman–Crippen LogP) is 2.88. The van der Waals surface area contributed by atoms with E-state index in [2.05, 4.69) is 17.8 Å². The van der Waals surface area contributed by atoms with E-state index in [4.69, 9.17) is 16.3 Å². The maximum absolute atomic E-state index is 12.9. The van der Waals surface area contributed by atoms with Gasteiger partial charge in [-0.1, -0.05) is 24.6 Å². The number of fused-ring (bicyclic) bond motifs is 1. The van der Waals surface area contributed by atoms with Crippen LogP contribution in [0.3, 0.4) is 0 Å². The third kappa shape index (κ3) is 5.35. The van der Waals surface area contributed by atoms with Crippen molar-refractivity contribution in [2.45, 2.75) is 26.2 Å². The lowest BCUT2D eigenvalue weighted by Gasteiger charge is -2.25. The Bertz CT molecular complexity index is 1180. The summed E-state index contributed by atoms with van der Waals surface area (Å²) in [7, 11) is 0. The van der Waals surface area contributed by atoms with Crippen LogP contribution in [0, 0.1) is 17.8 Å². The molecule has 2 aromatic carbocycles. The first kappa shape index (κ1) is 24.4. The first-order valence-electron chi connectivity index (χ1n) is 11.2. The van der Waals surface area contributed by atoms with Crippen LogP contribution in [0.4, 0.5) is 5.69 Å². The van der Waals surface area contributed by atoms with Crippen LogP contribution in [-0.2, 0) is 19.1 Å². The summed E-state index contributed by atoms with van der Waals surface area (Å²) < 4.78 is 5.02. The minimum absolute atomic E-state index is 0.0874. The highest BCUT2D eigenvalue weighted by Crippen LogP contribution is 2.42. The van der Waals surface area contributed by atoms with E-state index in [-0.39, 0.29) is 34.8 Å². The maximum Gasteiger partial charge on any atom is 0.338 e. The number of imide groups is 1. The van der Waals surface area contributed by atoms with Crippen LogP contribution in [0.2, 0.25) is 5.02 Å². The number of rotatable bonds is 5. The Balaban J connectivity index is 1.33. The summed E-state index contributed by atoms with van der Waals surface area (Å²) in [6, 6.07) is 12.0. The second-order valence-electron chi connectivity index (χ2n) is 8.78. The molecule has 0 radical (unpaired) electrons. The van der Waals surface area contributed by atoms with Gasteiger partial charge in [0, 0.05) is 10.6 Å². The van der Waals surface area contributed by atoms with Crippen LogP contribution in [0.15, 0.2) is 48.5 Å². The molecular weight excluding hydrogens is 474 g/mol. The van der Waals surface area contributed by atoms with Gasteiger partial charge in [0.15, 0.2) is 6.61 Å². The molecule has 1 saturated carbocycles. The Hall–Kier alpha value is -3.72. The molecule has 182 valence electrons. The van der Waals surface area contributed by atoms with Crippen molar-refractivity contribution < 1.29 is 28.7 Å². The Morgan fingerprint density at radius 3 is 2.43 bits per heavy atom. The van der Waals surface area contributed by atoms with Gasteiger partial charge >= 0.3 is 5.97 Å². The lowest BCUT2D eigenvalue weighted by Crippen LogP contribution is -2.43. The highest BCUT2D eigenvalue weighted by Gasteiger charge is 2.50. The van der Waals surface area contributed by atoms with Crippen molar-refractivity contribution in [1.29, 1.82) is 0 Å². The Labute approximate surface area is 206 Å². The summed E-state index contributed by atoms with van der Waals surface area (Å²) in [5.74, 6) is -2.87. The number of amides is 4. The van der Waals surface area contributed by atoms with E-state index in [1.54, 1.807) is 12.1 Å². The zero-order valence-corrected chi connectivity index (χ0v) is 19.7. The van der Waals surface area contributed by atoms with Gasteiger partial charge in [-0.3, -0.25) is 34.9 Å². The van der Waals surface area contributed by atoms with Gasteiger partial charge in [-0.25, -0.2) is 4.79 Å². The number of nitrogens with one attached hydrogen (secondary N) is 2. The smallest absolute Gasteiger partial charge is 0.338 e. The van der Waals surface area contributed by atoms with E-state index < -0.39 is 24.4 Å². The van der Waals surface area contributed by atoms with Crippen LogP contribution in [0.5, 0.6) is 0 Å². The van der Waals surface area contributed by atoms with Gasteiger partial charge in [0.25, 0.3) is 11.8 Å². The van der Waals surface area contributed by atoms with Crippen LogP contribution < -0.4 is 15.8 Å². The summed E-state index contributed by atoms with van der Waals surface area (Å²) in [5.41, 5.74) is 5.04.